The molecule has 2 N–H and O–H groups in total. The standard InChI is InChI=1S/C24H29N3O5/c1-4-26(5-2)13-6-14-27-21(16-9-11-25-12-10-16)20(23(30)24(27)31)22(29)18-8-7-17(32-3)15-19(18)28/h7-12,15,21,28-29H,4-6,13-14H2,1-3H3/t21-/m1/s1. The van der Waals surface area contributed by atoms with Crippen molar-refractivity contribution in [2.75, 3.05) is 33.3 Å². The normalized spacial score (nSPS) is 17.9. The molecule has 0 aliphatic carbocycles. The average molecular weight is 440 g/mol. The lowest BCUT2D eigenvalue weighted by Crippen LogP contribution is -2.33. The molecule has 1 aromatic carbocycles. The van der Waals surface area contributed by atoms with Crippen LogP contribution in [0.1, 0.15) is 37.4 Å². The van der Waals surface area contributed by atoms with Crippen LogP contribution in [0.2, 0.25) is 0 Å². The second-order valence-electron chi connectivity index (χ2n) is 7.54. The minimum Gasteiger partial charge on any atom is -0.507 e. The van der Waals surface area contributed by atoms with E-state index in [1.165, 1.54) is 24.1 Å². The Labute approximate surface area is 187 Å². The van der Waals surface area contributed by atoms with Crippen LogP contribution >= 0.6 is 0 Å². The Hall–Kier alpha value is -3.39. The number of phenols is 1. The molecule has 0 spiro atoms. The van der Waals surface area contributed by atoms with Crippen molar-refractivity contribution < 1.29 is 24.5 Å². The SMILES string of the molecule is CCN(CC)CCCN1C(=O)C(=O)C(=C(O)c2ccc(OC)cc2O)[C@H]1c1ccncc1. The third-order valence-electron chi connectivity index (χ3n) is 5.79. The number of hydrogen-bond donors (Lipinski definition) is 2. The molecule has 0 unspecified atom stereocenters. The van der Waals surface area contributed by atoms with Gasteiger partial charge in [-0.3, -0.25) is 14.6 Å². The fourth-order valence-corrected chi connectivity index (χ4v) is 3.99. The van der Waals surface area contributed by atoms with Crippen LogP contribution in [0.25, 0.3) is 5.76 Å². The number of ketones is 1. The number of Topliss-reactive ketones (excluding diaryl/α,β-unsaturated/α-hetero) is 1. The molecular weight excluding hydrogens is 410 g/mol. The molecule has 0 bridgehead atoms. The van der Waals surface area contributed by atoms with Gasteiger partial charge in [0.2, 0.25) is 0 Å². The van der Waals surface area contributed by atoms with Gasteiger partial charge >= 0.3 is 0 Å². The molecule has 8 nitrogen and oxygen atoms in total. The lowest BCUT2D eigenvalue weighted by Gasteiger charge is -2.26. The van der Waals surface area contributed by atoms with Gasteiger partial charge in [0.1, 0.15) is 17.3 Å². The van der Waals surface area contributed by atoms with Crippen LogP contribution in [0.3, 0.4) is 0 Å². The van der Waals surface area contributed by atoms with E-state index in [0.29, 0.717) is 24.3 Å². The first kappa shape index (κ1) is 23.3. The van der Waals surface area contributed by atoms with Crippen molar-refractivity contribution in [3.8, 4) is 11.5 Å². The second kappa shape index (κ2) is 10.3. The number of amides is 1. The van der Waals surface area contributed by atoms with Gasteiger partial charge in [0.25, 0.3) is 11.7 Å². The van der Waals surface area contributed by atoms with E-state index in [1.54, 1.807) is 30.6 Å². The van der Waals surface area contributed by atoms with E-state index in [-0.39, 0.29) is 16.9 Å². The monoisotopic (exact) mass is 439 g/mol. The molecule has 1 atom stereocenters. The predicted molar refractivity (Wildman–Crippen MR) is 120 cm³/mol. The minimum absolute atomic E-state index is 0.0514. The van der Waals surface area contributed by atoms with Crippen LogP contribution < -0.4 is 4.74 Å². The number of likely N-dealkylation sites (tertiary alicyclic amines) is 1. The highest BCUT2D eigenvalue weighted by Crippen LogP contribution is 2.41. The summed E-state index contributed by atoms with van der Waals surface area (Å²) in [6.45, 7) is 7.11. The summed E-state index contributed by atoms with van der Waals surface area (Å²) in [5.74, 6) is -1.70. The van der Waals surface area contributed by atoms with Crippen LogP contribution in [0, 0.1) is 0 Å². The molecule has 2 heterocycles. The zero-order valence-corrected chi connectivity index (χ0v) is 18.6. The molecule has 1 fully saturated rings. The number of aromatic nitrogens is 1. The van der Waals surface area contributed by atoms with Crippen LogP contribution in [0.5, 0.6) is 11.5 Å². The van der Waals surface area contributed by atoms with Gasteiger partial charge in [-0.25, -0.2) is 0 Å². The fourth-order valence-electron chi connectivity index (χ4n) is 3.99. The van der Waals surface area contributed by atoms with E-state index >= 15 is 0 Å². The summed E-state index contributed by atoms with van der Waals surface area (Å²) in [5, 5.41) is 21.4. The Bertz CT molecular complexity index is 1000. The van der Waals surface area contributed by atoms with Crippen molar-refractivity contribution in [2.45, 2.75) is 26.3 Å². The van der Waals surface area contributed by atoms with Gasteiger partial charge in [-0.15, -0.1) is 0 Å². The van der Waals surface area contributed by atoms with Gasteiger partial charge in [0.15, 0.2) is 0 Å². The summed E-state index contributed by atoms with van der Waals surface area (Å²) in [6, 6.07) is 7.04. The number of aliphatic hydroxyl groups is 1. The third kappa shape index (κ3) is 4.60. The predicted octanol–water partition coefficient (Wildman–Crippen LogP) is 2.95. The van der Waals surface area contributed by atoms with Gasteiger partial charge in [0, 0.05) is 25.0 Å². The number of nitrogens with zero attached hydrogens (tertiary/aromatic N) is 3. The number of benzene rings is 1. The molecule has 8 heteroatoms. The molecule has 3 rings (SSSR count). The summed E-state index contributed by atoms with van der Waals surface area (Å²) >= 11 is 0. The number of rotatable bonds is 9. The van der Waals surface area contributed by atoms with Gasteiger partial charge in [-0.05, 0) is 55.9 Å². The number of aromatic hydroxyl groups is 1. The minimum atomic E-state index is -0.776. The van der Waals surface area contributed by atoms with Gasteiger partial charge in [0.05, 0.1) is 24.3 Å². The molecule has 1 aliphatic rings. The van der Waals surface area contributed by atoms with E-state index in [0.717, 1.165) is 19.6 Å². The first-order valence-corrected chi connectivity index (χ1v) is 10.7. The van der Waals surface area contributed by atoms with Gasteiger partial charge < -0.3 is 24.7 Å². The molecule has 1 aromatic heterocycles. The summed E-state index contributed by atoms with van der Waals surface area (Å²) in [5.41, 5.74) is 0.673. The molecule has 0 radical (unpaired) electrons. The first-order chi connectivity index (χ1) is 15.4. The fraction of sp³-hybridized carbons (Fsp3) is 0.375. The highest BCUT2D eigenvalue weighted by atomic mass is 16.5. The number of ether oxygens (including phenoxy) is 1. The summed E-state index contributed by atoms with van der Waals surface area (Å²) in [7, 11) is 1.46. The summed E-state index contributed by atoms with van der Waals surface area (Å²) in [6.07, 6.45) is 3.84. The maximum absolute atomic E-state index is 13.0. The van der Waals surface area contributed by atoms with E-state index < -0.39 is 23.5 Å². The maximum Gasteiger partial charge on any atom is 0.295 e. The highest BCUT2D eigenvalue weighted by Gasteiger charge is 2.46. The zero-order valence-electron chi connectivity index (χ0n) is 18.6. The quantitative estimate of drug-likeness (QED) is 0.352. The van der Waals surface area contributed by atoms with E-state index in [1.807, 2.05) is 0 Å². The van der Waals surface area contributed by atoms with Crippen LogP contribution in [0.4, 0.5) is 0 Å². The van der Waals surface area contributed by atoms with Crippen molar-refractivity contribution in [2.24, 2.45) is 0 Å². The Morgan fingerprint density at radius 2 is 1.84 bits per heavy atom. The van der Waals surface area contributed by atoms with Crippen molar-refractivity contribution in [3.63, 3.8) is 0 Å². The molecule has 0 saturated carbocycles. The number of hydrogen-bond acceptors (Lipinski definition) is 7. The number of aliphatic hydroxyl groups excluding tert-OH is 1. The smallest absolute Gasteiger partial charge is 0.295 e. The van der Waals surface area contributed by atoms with Crippen LogP contribution in [0.15, 0.2) is 48.3 Å². The van der Waals surface area contributed by atoms with Crippen molar-refractivity contribution >= 4 is 17.4 Å². The van der Waals surface area contributed by atoms with Gasteiger partial charge in [-0.2, -0.15) is 0 Å². The Balaban J connectivity index is 2.03. The number of methoxy groups -OCH3 is 1. The Kier molecular flexibility index (Phi) is 7.48. The molecule has 1 saturated heterocycles. The summed E-state index contributed by atoms with van der Waals surface area (Å²) in [4.78, 5) is 33.7. The second-order valence-corrected chi connectivity index (χ2v) is 7.54. The van der Waals surface area contributed by atoms with E-state index in [9.17, 15) is 19.8 Å². The number of phenolic OH excluding ortho intramolecular Hbond substituents is 1. The molecule has 2 aromatic rings. The molecular formula is C24H29N3O5. The average Bonchev–Trinajstić information content (AvgIpc) is 3.06. The van der Waals surface area contributed by atoms with Gasteiger partial charge in [-0.1, -0.05) is 13.8 Å². The highest BCUT2D eigenvalue weighted by molar-refractivity contribution is 6.46. The molecule has 170 valence electrons. The largest absolute Gasteiger partial charge is 0.507 e. The number of pyridine rings is 1. The van der Waals surface area contributed by atoms with Crippen molar-refractivity contribution in [3.05, 3.63) is 59.4 Å². The van der Waals surface area contributed by atoms with Crippen molar-refractivity contribution in [1.29, 1.82) is 0 Å². The van der Waals surface area contributed by atoms with Crippen LogP contribution in [-0.2, 0) is 9.59 Å². The Morgan fingerprint density at radius 3 is 2.44 bits per heavy atom. The maximum atomic E-state index is 13.0. The molecule has 32 heavy (non-hydrogen) atoms. The number of carbonyl (C=O) groups is 2. The lowest BCUT2D eigenvalue weighted by molar-refractivity contribution is -0.140. The van der Waals surface area contributed by atoms with Crippen molar-refractivity contribution in [1.82, 2.24) is 14.8 Å². The summed E-state index contributed by atoms with van der Waals surface area (Å²) < 4.78 is 5.09. The van der Waals surface area contributed by atoms with E-state index in [2.05, 4.69) is 23.7 Å². The Morgan fingerprint density at radius 1 is 1.16 bits per heavy atom. The lowest BCUT2D eigenvalue weighted by atomic mass is 9.95. The van der Waals surface area contributed by atoms with E-state index in [4.69, 9.17) is 4.74 Å². The molecule has 1 aliphatic heterocycles. The first-order valence-electron chi connectivity index (χ1n) is 10.7. The number of carbonyl (C=O) groups excluding carboxylic acids is 2. The zero-order chi connectivity index (χ0) is 23.3. The van der Waals surface area contributed by atoms with Crippen LogP contribution in [-0.4, -0.2) is 70.0 Å². The molecule has 1 amide bonds. The topological polar surface area (TPSA) is 103 Å². The third-order valence-corrected chi connectivity index (χ3v) is 5.79.